The Hall–Kier alpha value is -1.67. The fourth-order valence-corrected chi connectivity index (χ4v) is 4.08. The summed E-state index contributed by atoms with van der Waals surface area (Å²) < 4.78 is -0.314. The second-order valence-corrected chi connectivity index (χ2v) is 7.70. The lowest BCUT2D eigenvalue weighted by Gasteiger charge is -2.48. The molecule has 0 aromatic carbocycles. The number of carbonyl (C=O) groups excluding carboxylic acids is 2. The number of carboxylic acids is 2. The number of aliphatic hydroxyl groups is 1. The Bertz CT molecular complexity index is 474. The van der Waals surface area contributed by atoms with Crippen molar-refractivity contribution in [2.24, 2.45) is 0 Å². The summed E-state index contributed by atoms with van der Waals surface area (Å²) >= 11 is 0. The van der Waals surface area contributed by atoms with Gasteiger partial charge in [0, 0.05) is 19.3 Å². The maximum absolute atomic E-state index is 12.1. The summed E-state index contributed by atoms with van der Waals surface area (Å²) in [6, 6.07) is -2.04. The number of unbranched alkanes of at least 4 members (excludes halogenated alkanes) is 3. The van der Waals surface area contributed by atoms with Crippen molar-refractivity contribution < 1.29 is 34.2 Å². The lowest BCUT2D eigenvalue weighted by atomic mass is 9.98. The molecule has 0 aliphatic heterocycles. The van der Waals surface area contributed by atoms with Crippen LogP contribution in [0.3, 0.4) is 0 Å². The van der Waals surface area contributed by atoms with Crippen molar-refractivity contribution in [3.05, 3.63) is 0 Å². The Morgan fingerprint density at radius 1 is 0.931 bits per heavy atom. The summed E-state index contributed by atoms with van der Waals surface area (Å²) in [5.74, 6) is -2.52. The van der Waals surface area contributed by atoms with Crippen LogP contribution in [0, 0.1) is 0 Å². The van der Waals surface area contributed by atoms with Gasteiger partial charge in [-0.2, -0.15) is 0 Å². The van der Waals surface area contributed by atoms with E-state index in [4.69, 9.17) is 0 Å². The zero-order valence-corrected chi connectivity index (χ0v) is 18.3. The minimum absolute atomic E-state index is 0.0119. The topological polar surface area (TPSA) is 127 Å². The van der Waals surface area contributed by atoms with E-state index in [0.717, 1.165) is 25.7 Å². The van der Waals surface area contributed by atoms with Gasteiger partial charge in [-0.25, -0.2) is 4.79 Å². The number of aliphatic carboxylic acids is 2. The number of hydrogen-bond acceptors (Lipinski definition) is 5. The standard InChI is InChI=1S/C21H40N2O6/c1-4-7-8-9-12-19(25)22-13-14-23(15-16-24,17(10-5-2)20(26)27)18(11-6-3)21(28)29/h17-18,24H,4-16H2,1-3H3,(H2-,22,25,26,27,28,29). The van der Waals surface area contributed by atoms with E-state index in [9.17, 15) is 29.7 Å². The molecule has 0 saturated carbocycles. The lowest BCUT2D eigenvalue weighted by Crippen LogP contribution is -2.70. The second-order valence-electron chi connectivity index (χ2n) is 7.70. The fourth-order valence-electron chi connectivity index (χ4n) is 4.08. The lowest BCUT2D eigenvalue weighted by molar-refractivity contribution is -0.959. The number of carbonyl (C=O) groups is 3. The van der Waals surface area contributed by atoms with Crippen molar-refractivity contribution in [2.45, 2.75) is 90.6 Å². The minimum Gasteiger partial charge on any atom is -0.544 e. The number of aliphatic hydroxyl groups excluding tert-OH is 1. The molecule has 0 saturated heterocycles. The minimum atomic E-state index is -1.31. The monoisotopic (exact) mass is 416 g/mol. The van der Waals surface area contributed by atoms with Crippen molar-refractivity contribution in [1.29, 1.82) is 0 Å². The molecule has 0 aromatic rings. The van der Waals surface area contributed by atoms with E-state index in [1.165, 1.54) is 0 Å². The molecule has 0 rings (SSSR count). The van der Waals surface area contributed by atoms with Crippen LogP contribution in [-0.4, -0.2) is 70.9 Å². The fraction of sp³-hybridized carbons (Fsp3) is 0.857. The molecule has 8 heteroatoms. The van der Waals surface area contributed by atoms with Crippen molar-refractivity contribution >= 4 is 17.8 Å². The average molecular weight is 417 g/mol. The first kappa shape index (κ1) is 27.3. The number of rotatable bonds is 18. The molecule has 0 spiro atoms. The molecule has 8 nitrogen and oxygen atoms in total. The Morgan fingerprint density at radius 2 is 1.55 bits per heavy atom. The van der Waals surface area contributed by atoms with E-state index in [1.807, 2.05) is 13.8 Å². The number of nitrogens with zero attached hydrogens (tertiary/aromatic N) is 1. The predicted octanol–water partition coefficient (Wildman–Crippen LogP) is 1.05. The van der Waals surface area contributed by atoms with E-state index in [2.05, 4.69) is 12.2 Å². The quantitative estimate of drug-likeness (QED) is 0.226. The molecule has 3 atom stereocenters. The highest BCUT2D eigenvalue weighted by Crippen LogP contribution is 2.26. The van der Waals surface area contributed by atoms with Gasteiger partial charge in [0.25, 0.3) is 0 Å². The number of hydrogen-bond donors (Lipinski definition) is 3. The smallest absolute Gasteiger partial charge is 0.362 e. The van der Waals surface area contributed by atoms with Crippen LogP contribution in [0.4, 0.5) is 0 Å². The normalized spacial score (nSPS) is 15.3. The van der Waals surface area contributed by atoms with Crippen LogP contribution >= 0.6 is 0 Å². The van der Waals surface area contributed by atoms with E-state index in [1.54, 1.807) is 0 Å². The van der Waals surface area contributed by atoms with E-state index in [-0.39, 0.29) is 49.5 Å². The van der Waals surface area contributed by atoms with Gasteiger partial charge >= 0.3 is 5.97 Å². The highest BCUT2D eigenvalue weighted by molar-refractivity contribution is 5.76. The third kappa shape index (κ3) is 9.12. The molecule has 170 valence electrons. The molecule has 3 N–H and O–H groups in total. The van der Waals surface area contributed by atoms with Gasteiger partial charge < -0.3 is 29.9 Å². The summed E-state index contributed by atoms with van der Waals surface area (Å²) in [5.41, 5.74) is 0. The van der Waals surface area contributed by atoms with Crippen LogP contribution in [0.15, 0.2) is 0 Å². The van der Waals surface area contributed by atoms with Gasteiger partial charge in [0.2, 0.25) is 5.91 Å². The SMILES string of the molecule is CCCCCCC(=O)NCC[N+](CCO)(C(CCC)C(=O)[O-])C(CCC)C(=O)O. The average Bonchev–Trinajstić information content (AvgIpc) is 2.66. The Kier molecular flexibility index (Phi) is 14.3. The van der Waals surface area contributed by atoms with E-state index >= 15 is 0 Å². The molecule has 0 aliphatic rings. The number of carboxylic acid groups (broad SMARTS) is 2. The van der Waals surface area contributed by atoms with Crippen LogP contribution in [0.2, 0.25) is 0 Å². The van der Waals surface area contributed by atoms with Gasteiger partial charge in [0.05, 0.1) is 25.7 Å². The van der Waals surface area contributed by atoms with Gasteiger partial charge in [0.1, 0.15) is 12.6 Å². The summed E-state index contributed by atoms with van der Waals surface area (Å²) in [5, 5.41) is 34.3. The third-order valence-electron chi connectivity index (χ3n) is 5.55. The van der Waals surface area contributed by atoms with Crippen LogP contribution in [0.25, 0.3) is 0 Å². The van der Waals surface area contributed by atoms with Crippen LogP contribution in [0.1, 0.15) is 78.6 Å². The van der Waals surface area contributed by atoms with Gasteiger partial charge in [-0.15, -0.1) is 0 Å². The zero-order valence-electron chi connectivity index (χ0n) is 18.3. The molecule has 0 fully saturated rings. The third-order valence-corrected chi connectivity index (χ3v) is 5.55. The van der Waals surface area contributed by atoms with Gasteiger partial charge in [0.15, 0.2) is 6.04 Å². The van der Waals surface area contributed by atoms with E-state index < -0.39 is 24.0 Å². The van der Waals surface area contributed by atoms with E-state index in [0.29, 0.717) is 19.3 Å². The molecule has 3 unspecified atom stereocenters. The summed E-state index contributed by atoms with van der Waals surface area (Å²) in [7, 11) is 0. The highest BCUT2D eigenvalue weighted by Gasteiger charge is 2.47. The van der Waals surface area contributed by atoms with Crippen molar-refractivity contribution in [3.8, 4) is 0 Å². The van der Waals surface area contributed by atoms with Gasteiger partial charge in [-0.1, -0.05) is 46.5 Å². The molecule has 0 aliphatic carbocycles. The summed E-state index contributed by atoms with van der Waals surface area (Å²) in [4.78, 5) is 36.1. The highest BCUT2D eigenvalue weighted by atomic mass is 16.4. The Labute approximate surface area is 174 Å². The van der Waals surface area contributed by atoms with Gasteiger partial charge in [-0.3, -0.25) is 4.79 Å². The first-order chi connectivity index (χ1) is 13.8. The van der Waals surface area contributed by atoms with Crippen LogP contribution in [0.5, 0.6) is 0 Å². The predicted molar refractivity (Wildman–Crippen MR) is 109 cm³/mol. The number of amides is 1. The molecule has 0 radical (unpaired) electrons. The van der Waals surface area contributed by atoms with Crippen LogP contribution in [-0.2, 0) is 14.4 Å². The van der Waals surface area contributed by atoms with Crippen LogP contribution < -0.4 is 10.4 Å². The first-order valence-corrected chi connectivity index (χ1v) is 11.0. The zero-order chi connectivity index (χ0) is 22.3. The maximum atomic E-state index is 12.1. The van der Waals surface area contributed by atoms with Crippen molar-refractivity contribution in [1.82, 2.24) is 5.32 Å². The maximum Gasteiger partial charge on any atom is 0.362 e. The van der Waals surface area contributed by atoms with Gasteiger partial charge in [-0.05, 0) is 12.8 Å². The Morgan fingerprint density at radius 3 is 2.03 bits per heavy atom. The molecule has 29 heavy (non-hydrogen) atoms. The van der Waals surface area contributed by atoms with Crippen molar-refractivity contribution in [3.63, 3.8) is 0 Å². The molecule has 0 bridgehead atoms. The van der Waals surface area contributed by atoms with Crippen molar-refractivity contribution in [2.75, 3.05) is 26.2 Å². The molecule has 1 amide bonds. The number of quaternary nitrogens is 1. The molecule has 0 heterocycles. The largest absolute Gasteiger partial charge is 0.544 e. The molecular weight excluding hydrogens is 376 g/mol. The summed E-state index contributed by atoms with van der Waals surface area (Å²) in [6.45, 7) is 5.70. The molecule has 0 aromatic heterocycles. The number of nitrogens with one attached hydrogen (secondary N) is 1. The second kappa shape index (κ2) is 15.2. The molecular formula is C21H40N2O6. The Balaban J connectivity index is 5.50. The summed E-state index contributed by atoms with van der Waals surface area (Å²) in [6.07, 6.45) is 5.98. The first-order valence-electron chi connectivity index (χ1n) is 11.0.